The number of carbonyl (C=O) groups is 2. The van der Waals surface area contributed by atoms with Crippen LogP contribution >= 0.6 is 0 Å². The summed E-state index contributed by atoms with van der Waals surface area (Å²) in [4.78, 5) is 31.6. The summed E-state index contributed by atoms with van der Waals surface area (Å²) in [5, 5.41) is 10.4. The number of fused-ring (bicyclic) bond motifs is 1. The molecule has 0 radical (unpaired) electrons. The van der Waals surface area contributed by atoms with Crippen molar-refractivity contribution in [2.45, 2.75) is 13.8 Å². The SMILES string of the molecule is CC.O=C1OC(=O)c2cc([N+](=O)[O-])ccc21. The molecule has 6 nitrogen and oxygen atoms in total. The number of rotatable bonds is 1. The summed E-state index contributed by atoms with van der Waals surface area (Å²) in [6, 6.07) is 3.39. The molecule has 0 fully saturated rings. The lowest BCUT2D eigenvalue weighted by atomic mass is 10.1. The second-order valence-electron chi connectivity index (χ2n) is 2.66. The van der Waals surface area contributed by atoms with E-state index < -0.39 is 16.9 Å². The molecular weight excluding hydrogens is 214 g/mol. The first kappa shape index (κ1) is 11.8. The van der Waals surface area contributed by atoms with Crippen molar-refractivity contribution in [3.05, 3.63) is 39.4 Å². The van der Waals surface area contributed by atoms with Crippen molar-refractivity contribution in [3.63, 3.8) is 0 Å². The molecule has 16 heavy (non-hydrogen) atoms. The molecule has 6 heteroatoms. The van der Waals surface area contributed by atoms with E-state index in [1.807, 2.05) is 13.8 Å². The molecule has 1 aromatic rings. The van der Waals surface area contributed by atoms with Crippen molar-refractivity contribution in [1.29, 1.82) is 0 Å². The van der Waals surface area contributed by atoms with E-state index in [0.717, 1.165) is 12.1 Å². The molecule has 1 aromatic carbocycles. The molecule has 1 heterocycles. The largest absolute Gasteiger partial charge is 0.386 e. The van der Waals surface area contributed by atoms with Crippen LogP contribution in [0.2, 0.25) is 0 Å². The predicted octanol–water partition coefficient (Wildman–Crippen LogP) is 1.93. The van der Waals surface area contributed by atoms with Crippen LogP contribution in [0.4, 0.5) is 5.69 Å². The van der Waals surface area contributed by atoms with Gasteiger partial charge in [0.1, 0.15) is 0 Å². The van der Waals surface area contributed by atoms with Crippen LogP contribution in [0.15, 0.2) is 18.2 Å². The van der Waals surface area contributed by atoms with E-state index in [0.29, 0.717) is 0 Å². The van der Waals surface area contributed by atoms with Crippen molar-refractivity contribution in [2.75, 3.05) is 0 Å². The minimum absolute atomic E-state index is 0.0517. The van der Waals surface area contributed by atoms with Gasteiger partial charge in [0.15, 0.2) is 0 Å². The van der Waals surface area contributed by atoms with Crippen molar-refractivity contribution in [3.8, 4) is 0 Å². The first-order valence-electron chi connectivity index (χ1n) is 4.64. The van der Waals surface area contributed by atoms with Crippen LogP contribution in [-0.4, -0.2) is 16.9 Å². The fourth-order valence-electron chi connectivity index (χ4n) is 1.19. The van der Waals surface area contributed by atoms with Crippen LogP contribution < -0.4 is 0 Å². The van der Waals surface area contributed by atoms with Gasteiger partial charge in [0, 0.05) is 12.1 Å². The molecule has 0 spiro atoms. The van der Waals surface area contributed by atoms with Crippen molar-refractivity contribution in [2.24, 2.45) is 0 Å². The highest BCUT2D eigenvalue weighted by Crippen LogP contribution is 2.24. The molecule has 1 aliphatic heterocycles. The van der Waals surface area contributed by atoms with E-state index in [9.17, 15) is 19.7 Å². The number of nitro groups is 1. The Hall–Kier alpha value is -2.24. The van der Waals surface area contributed by atoms with Crippen molar-refractivity contribution >= 4 is 17.6 Å². The van der Waals surface area contributed by atoms with Crippen LogP contribution in [0.5, 0.6) is 0 Å². The Morgan fingerprint density at radius 1 is 1.12 bits per heavy atom. The zero-order chi connectivity index (χ0) is 12.3. The summed E-state index contributed by atoms with van der Waals surface area (Å²) in [5.74, 6) is -1.60. The van der Waals surface area contributed by atoms with E-state index in [-0.39, 0.29) is 16.8 Å². The highest BCUT2D eigenvalue weighted by molar-refractivity contribution is 6.14. The van der Waals surface area contributed by atoms with Crippen LogP contribution in [-0.2, 0) is 4.74 Å². The number of ether oxygens (including phenoxy) is 1. The summed E-state index contributed by atoms with van der Waals surface area (Å²) < 4.78 is 4.27. The minimum atomic E-state index is -0.839. The maximum atomic E-state index is 11.0. The number of hydrogen-bond donors (Lipinski definition) is 0. The summed E-state index contributed by atoms with van der Waals surface area (Å²) in [7, 11) is 0. The Morgan fingerprint density at radius 3 is 2.25 bits per heavy atom. The van der Waals surface area contributed by atoms with Crippen LogP contribution in [0.25, 0.3) is 0 Å². The second-order valence-corrected chi connectivity index (χ2v) is 2.66. The van der Waals surface area contributed by atoms with Gasteiger partial charge in [0.25, 0.3) is 5.69 Å². The quantitative estimate of drug-likeness (QED) is 0.314. The highest BCUT2D eigenvalue weighted by atomic mass is 16.6. The molecule has 0 bridgehead atoms. The highest BCUT2D eigenvalue weighted by Gasteiger charge is 2.31. The Morgan fingerprint density at radius 2 is 1.69 bits per heavy atom. The van der Waals surface area contributed by atoms with Gasteiger partial charge in [-0.15, -0.1) is 0 Å². The molecule has 2 rings (SSSR count). The van der Waals surface area contributed by atoms with Gasteiger partial charge in [0.05, 0.1) is 16.1 Å². The lowest BCUT2D eigenvalue weighted by molar-refractivity contribution is -0.384. The van der Waals surface area contributed by atoms with Crippen LogP contribution in [0, 0.1) is 10.1 Å². The maximum absolute atomic E-state index is 11.0. The number of nitro benzene ring substituents is 1. The average molecular weight is 223 g/mol. The average Bonchev–Trinajstić information content (AvgIpc) is 2.57. The molecule has 0 saturated carbocycles. The van der Waals surface area contributed by atoms with Crippen molar-refractivity contribution in [1.82, 2.24) is 0 Å². The summed E-state index contributed by atoms with van der Waals surface area (Å²) in [6.45, 7) is 4.00. The smallest absolute Gasteiger partial charge is 0.347 e. The Labute approximate surface area is 91.0 Å². The predicted molar refractivity (Wildman–Crippen MR) is 54.2 cm³/mol. The zero-order valence-electron chi connectivity index (χ0n) is 8.72. The van der Waals surface area contributed by atoms with Gasteiger partial charge in [-0.25, -0.2) is 9.59 Å². The number of non-ortho nitro benzene ring substituents is 1. The third-order valence-corrected chi connectivity index (χ3v) is 1.84. The minimum Gasteiger partial charge on any atom is -0.386 e. The summed E-state index contributed by atoms with van der Waals surface area (Å²) >= 11 is 0. The first-order valence-corrected chi connectivity index (χ1v) is 4.64. The van der Waals surface area contributed by atoms with Gasteiger partial charge >= 0.3 is 11.9 Å². The fourth-order valence-corrected chi connectivity index (χ4v) is 1.19. The summed E-state index contributed by atoms with van der Waals surface area (Å²) in [6.07, 6.45) is 0. The molecule has 0 amide bonds. The number of nitrogens with zero attached hydrogens (tertiary/aromatic N) is 1. The third kappa shape index (κ3) is 1.90. The van der Waals surface area contributed by atoms with Gasteiger partial charge in [-0.2, -0.15) is 0 Å². The Balaban J connectivity index is 0.000000606. The van der Waals surface area contributed by atoms with Gasteiger partial charge in [-0.05, 0) is 6.07 Å². The number of benzene rings is 1. The van der Waals surface area contributed by atoms with Gasteiger partial charge < -0.3 is 4.74 Å². The lowest BCUT2D eigenvalue weighted by Crippen LogP contribution is -1.97. The van der Waals surface area contributed by atoms with Gasteiger partial charge in [-0.3, -0.25) is 10.1 Å². The number of hydrogen-bond acceptors (Lipinski definition) is 5. The topological polar surface area (TPSA) is 86.5 Å². The standard InChI is InChI=1S/C8H3NO5.C2H6/c10-7-5-2-1-4(9(12)13)3-6(5)8(11)14-7;1-2/h1-3H;1-2H3. The van der Waals surface area contributed by atoms with Gasteiger partial charge in [0.2, 0.25) is 0 Å². The zero-order valence-corrected chi connectivity index (χ0v) is 8.72. The van der Waals surface area contributed by atoms with Gasteiger partial charge in [-0.1, -0.05) is 13.8 Å². The van der Waals surface area contributed by atoms with E-state index in [2.05, 4.69) is 4.74 Å². The molecule has 0 aromatic heterocycles. The van der Waals surface area contributed by atoms with E-state index in [4.69, 9.17) is 0 Å². The normalized spacial score (nSPS) is 12.4. The van der Waals surface area contributed by atoms with E-state index in [1.54, 1.807) is 0 Å². The number of cyclic esters (lactones) is 2. The third-order valence-electron chi connectivity index (χ3n) is 1.84. The molecule has 0 saturated heterocycles. The van der Waals surface area contributed by atoms with Crippen molar-refractivity contribution < 1.29 is 19.2 Å². The van der Waals surface area contributed by atoms with Crippen LogP contribution in [0.3, 0.4) is 0 Å². The first-order chi connectivity index (χ1) is 7.59. The monoisotopic (exact) mass is 223 g/mol. The Kier molecular flexibility index (Phi) is 3.34. The second kappa shape index (κ2) is 4.52. The molecule has 0 aliphatic carbocycles. The van der Waals surface area contributed by atoms with E-state index >= 15 is 0 Å². The van der Waals surface area contributed by atoms with Crippen LogP contribution in [0.1, 0.15) is 34.6 Å². The maximum Gasteiger partial charge on any atom is 0.347 e. The number of esters is 2. The lowest BCUT2D eigenvalue weighted by Gasteiger charge is -1.92. The molecule has 1 aliphatic rings. The molecule has 84 valence electrons. The summed E-state index contributed by atoms with van der Waals surface area (Å²) in [5.41, 5.74) is -0.222. The molecular formula is C10H9NO5. The number of carbonyl (C=O) groups excluding carboxylic acids is 2. The molecule has 0 unspecified atom stereocenters. The molecule has 0 N–H and O–H groups in total. The van der Waals surface area contributed by atoms with E-state index in [1.165, 1.54) is 6.07 Å². The Bertz CT molecular complexity index is 466. The fraction of sp³-hybridized carbons (Fsp3) is 0.200. The molecule has 0 atom stereocenters.